The monoisotopic (exact) mass is 537 g/mol. The van der Waals surface area contributed by atoms with Crippen LogP contribution in [0.5, 0.6) is 0 Å². The number of hydrogen-bond acceptors (Lipinski definition) is 5. The molecule has 4 rings (SSSR count). The van der Waals surface area contributed by atoms with E-state index in [4.69, 9.17) is 5.26 Å². The summed E-state index contributed by atoms with van der Waals surface area (Å²) in [6.07, 6.45) is -8.67. The van der Waals surface area contributed by atoms with Crippen LogP contribution in [0.15, 0.2) is 54.9 Å². The van der Waals surface area contributed by atoms with Crippen LogP contribution in [0.3, 0.4) is 0 Å². The molecule has 1 aliphatic rings. The summed E-state index contributed by atoms with van der Waals surface area (Å²) >= 11 is 0. The van der Waals surface area contributed by atoms with Crippen LogP contribution in [0.2, 0.25) is 0 Å². The maximum atomic E-state index is 13.7. The van der Waals surface area contributed by atoms with Crippen molar-refractivity contribution < 1.29 is 40.3 Å². The van der Waals surface area contributed by atoms with Gasteiger partial charge in [-0.15, -0.1) is 0 Å². The summed E-state index contributed by atoms with van der Waals surface area (Å²) in [7, 11) is 0. The second-order valence-electron chi connectivity index (χ2n) is 8.19. The van der Waals surface area contributed by atoms with Gasteiger partial charge < -0.3 is 10.2 Å². The smallest absolute Gasteiger partial charge is 0.325 e. The van der Waals surface area contributed by atoms with Crippen molar-refractivity contribution in [3.63, 3.8) is 0 Å². The number of amides is 2. The molecule has 2 aromatic carbocycles. The number of nitriles is 1. The van der Waals surface area contributed by atoms with Gasteiger partial charge >= 0.3 is 12.4 Å². The molecule has 2 amide bonds. The molecule has 0 bridgehead atoms. The third-order valence-electron chi connectivity index (χ3n) is 5.69. The normalized spacial score (nSPS) is 17.5. The minimum Gasteiger partial charge on any atom is -0.325 e. The van der Waals surface area contributed by atoms with Gasteiger partial charge in [-0.2, -0.15) is 31.6 Å². The number of carbonyl (C=O) groups excluding carboxylic acids is 2. The van der Waals surface area contributed by atoms with Gasteiger partial charge in [0.05, 0.1) is 17.5 Å². The highest BCUT2D eigenvalue weighted by Gasteiger charge is 2.48. The first-order valence-electron chi connectivity index (χ1n) is 10.7. The molecule has 7 nitrogen and oxygen atoms in total. The van der Waals surface area contributed by atoms with Gasteiger partial charge in [-0.3, -0.25) is 9.59 Å². The third-order valence-corrected chi connectivity index (χ3v) is 5.69. The Kier molecular flexibility index (Phi) is 6.79. The summed E-state index contributed by atoms with van der Waals surface area (Å²) in [5.41, 5.74) is -1.08. The van der Waals surface area contributed by atoms with Crippen molar-refractivity contribution in [1.82, 2.24) is 14.9 Å². The molecule has 0 saturated heterocycles. The van der Waals surface area contributed by atoms with Crippen LogP contribution in [0.25, 0.3) is 0 Å². The number of nitrogens with one attached hydrogen (secondary N) is 1. The summed E-state index contributed by atoms with van der Waals surface area (Å²) < 4.78 is 93.4. The standard InChI is InChI=1S/C24H14F7N5O2/c25-17-6-5-14(7-12(17)8-32)35-20(37)18-15-3-1-2-4-16(15)21(38)36(11-23(26,27)28)19(18)13-9-33-22(34-10-13)24(29,30)31/h1-7,9-10,18-19H,11H2,(H,35,37)/t18?,19-/m1/s1. The molecule has 0 fully saturated rings. The summed E-state index contributed by atoms with van der Waals surface area (Å²) in [5.74, 6) is -6.11. The Bertz CT molecular complexity index is 1430. The van der Waals surface area contributed by atoms with E-state index in [0.29, 0.717) is 17.3 Å². The number of alkyl halides is 6. The fourth-order valence-electron chi connectivity index (χ4n) is 4.16. The Balaban J connectivity index is 1.86. The maximum Gasteiger partial charge on any atom is 0.451 e. The van der Waals surface area contributed by atoms with E-state index in [0.717, 1.165) is 18.2 Å². The zero-order chi connectivity index (χ0) is 27.8. The van der Waals surface area contributed by atoms with Crippen LogP contribution < -0.4 is 5.32 Å². The van der Waals surface area contributed by atoms with E-state index in [1.807, 2.05) is 0 Å². The first-order chi connectivity index (χ1) is 17.8. The molecule has 2 heterocycles. The largest absolute Gasteiger partial charge is 0.451 e. The summed E-state index contributed by atoms with van der Waals surface area (Å²) in [6.45, 7) is -1.83. The summed E-state index contributed by atoms with van der Waals surface area (Å²) in [4.78, 5) is 33.4. The van der Waals surface area contributed by atoms with E-state index in [-0.39, 0.29) is 22.4 Å². The molecule has 1 aromatic heterocycles. The lowest BCUT2D eigenvalue weighted by Gasteiger charge is -2.41. The van der Waals surface area contributed by atoms with Gasteiger partial charge in [-0.25, -0.2) is 14.4 Å². The molecule has 3 aromatic rings. The van der Waals surface area contributed by atoms with Gasteiger partial charge in [0.1, 0.15) is 18.4 Å². The van der Waals surface area contributed by atoms with E-state index < -0.39 is 59.9 Å². The predicted octanol–water partition coefficient (Wildman–Crippen LogP) is 4.99. The molecule has 0 radical (unpaired) electrons. The molecule has 0 spiro atoms. The van der Waals surface area contributed by atoms with Gasteiger partial charge in [0.25, 0.3) is 5.91 Å². The van der Waals surface area contributed by atoms with E-state index in [2.05, 4.69) is 15.3 Å². The Hall–Kier alpha value is -4.54. The molecule has 14 heteroatoms. The minimum absolute atomic E-state index is 0.000871. The maximum absolute atomic E-state index is 13.7. The average molecular weight is 537 g/mol. The fraction of sp³-hybridized carbons (Fsp3) is 0.208. The molecule has 38 heavy (non-hydrogen) atoms. The number of carbonyl (C=O) groups is 2. The number of nitrogens with zero attached hydrogens (tertiary/aromatic N) is 4. The van der Waals surface area contributed by atoms with Crippen molar-refractivity contribution >= 4 is 17.5 Å². The number of fused-ring (bicyclic) bond motifs is 1. The third kappa shape index (κ3) is 5.26. The van der Waals surface area contributed by atoms with Gasteiger partial charge in [0, 0.05) is 29.2 Å². The predicted molar refractivity (Wildman–Crippen MR) is 116 cm³/mol. The number of halogens is 7. The van der Waals surface area contributed by atoms with Crippen LogP contribution in [-0.4, -0.2) is 39.4 Å². The molecule has 1 aliphatic heterocycles. The fourth-order valence-corrected chi connectivity index (χ4v) is 4.16. The first kappa shape index (κ1) is 26.5. The van der Waals surface area contributed by atoms with Crippen molar-refractivity contribution in [2.75, 3.05) is 11.9 Å². The van der Waals surface area contributed by atoms with Crippen LogP contribution in [-0.2, 0) is 11.0 Å². The summed E-state index contributed by atoms with van der Waals surface area (Å²) in [5, 5.41) is 11.4. The molecule has 0 aliphatic carbocycles. The van der Waals surface area contributed by atoms with Crippen LogP contribution in [0.4, 0.5) is 36.4 Å². The van der Waals surface area contributed by atoms with E-state index in [1.165, 1.54) is 24.3 Å². The molecule has 196 valence electrons. The zero-order valence-corrected chi connectivity index (χ0v) is 18.8. The van der Waals surface area contributed by atoms with E-state index >= 15 is 0 Å². The Morgan fingerprint density at radius 2 is 1.71 bits per heavy atom. The second kappa shape index (κ2) is 9.73. The molecular formula is C24H14F7N5O2. The van der Waals surface area contributed by atoms with Crippen LogP contribution >= 0.6 is 0 Å². The Morgan fingerprint density at radius 1 is 1.05 bits per heavy atom. The second-order valence-corrected chi connectivity index (χ2v) is 8.19. The van der Waals surface area contributed by atoms with Gasteiger partial charge in [0.15, 0.2) is 0 Å². The lowest BCUT2D eigenvalue weighted by atomic mass is 9.79. The number of hydrogen-bond donors (Lipinski definition) is 1. The van der Waals surface area contributed by atoms with Crippen LogP contribution in [0, 0.1) is 17.1 Å². The number of benzene rings is 2. The SMILES string of the molecule is N#Cc1cc(NC(=O)C2c3ccccc3C(=O)N(CC(F)(F)F)[C@@H]2c2cnc(C(F)(F)F)nc2)ccc1F. The van der Waals surface area contributed by atoms with E-state index in [1.54, 1.807) is 6.07 Å². The average Bonchev–Trinajstić information content (AvgIpc) is 2.85. The Labute approximate surface area is 209 Å². The highest BCUT2D eigenvalue weighted by atomic mass is 19.4. The number of aromatic nitrogens is 2. The number of anilines is 1. The molecule has 1 unspecified atom stereocenters. The lowest BCUT2D eigenvalue weighted by Crippen LogP contribution is -2.49. The molecule has 2 atom stereocenters. The van der Waals surface area contributed by atoms with Crippen LogP contribution in [0.1, 0.15) is 44.8 Å². The quantitative estimate of drug-likeness (QED) is 0.473. The topological polar surface area (TPSA) is 99.0 Å². The molecular weight excluding hydrogens is 523 g/mol. The van der Waals surface area contributed by atoms with Gasteiger partial charge in [-0.05, 0) is 29.8 Å². The van der Waals surface area contributed by atoms with E-state index in [9.17, 15) is 40.3 Å². The molecule has 1 N–H and O–H groups in total. The van der Waals surface area contributed by atoms with Crippen molar-refractivity contribution in [1.29, 1.82) is 5.26 Å². The summed E-state index contributed by atoms with van der Waals surface area (Å²) in [6, 6.07) is 8.16. The first-order valence-corrected chi connectivity index (χ1v) is 10.7. The zero-order valence-electron chi connectivity index (χ0n) is 18.8. The minimum atomic E-state index is -4.95. The Morgan fingerprint density at radius 3 is 2.32 bits per heavy atom. The lowest BCUT2D eigenvalue weighted by molar-refractivity contribution is -0.148. The van der Waals surface area contributed by atoms with Crippen molar-refractivity contribution in [3.05, 3.63) is 88.8 Å². The molecule has 0 saturated carbocycles. The number of rotatable bonds is 4. The van der Waals surface area contributed by atoms with Crippen molar-refractivity contribution in [3.8, 4) is 6.07 Å². The highest BCUT2D eigenvalue weighted by Crippen LogP contribution is 2.44. The van der Waals surface area contributed by atoms with Crippen molar-refractivity contribution in [2.24, 2.45) is 0 Å². The highest BCUT2D eigenvalue weighted by molar-refractivity contribution is 6.04. The van der Waals surface area contributed by atoms with Crippen molar-refractivity contribution in [2.45, 2.75) is 24.3 Å². The van der Waals surface area contributed by atoms with Gasteiger partial charge in [0.2, 0.25) is 11.7 Å². The van der Waals surface area contributed by atoms with Gasteiger partial charge in [-0.1, -0.05) is 18.2 Å².